The molecule has 1 aromatic rings. The maximum Gasteiger partial charge on any atom is 0.240 e. The Morgan fingerprint density at radius 3 is 3.00 bits per heavy atom. The molecule has 82 valence electrons. The summed E-state index contributed by atoms with van der Waals surface area (Å²) in [6.07, 6.45) is 0.372. The number of hydrogen-bond acceptors (Lipinski definition) is 3. The third kappa shape index (κ3) is 1.91. The topological polar surface area (TPSA) is 44.1 Å². The Hall–Kier alpha value is -1.47. The average Bonchev–Trinajstić information content (AvgIpc) is 2.30. The third-order valence-corrected chi connectivity index (χ3v) is 3.68. The summed E-state index contributed by atoms with van der Waals surface area (Å²) < 4.78 is 0. The van der Waals surface area contributed by atoms with Crippen LogP contribution < -0.4 is 4.90 Å². The van der Waals surface area contributed by atoms with Gasteiger partial charge in [-0.2, -0.15) is 5.26 Å². The van der Waals surface area contributed by atoms with E-state index in [1.54, 1.807) is 16.7 Å². The summed E-state index contributed by atoms with van der Waals surface area (Å²) in [5.74, 6) is 0.0963. The quantitative estimate of drug-likeness (QED) is 0.786. The van der Waals surface area contributed by atoms with E-state index >= 15 is 0 Å². The third-order valence-electron chi connectivity index (χ3n) is 2.52. The van der Waals surface area contributed by atoms with Crippen LogP contribution in [0.3, 0.4) is 0 Å². The van der Waals surface area contributed by atoms with Gasteiger partial charge in [0.05, 0.1) is 23.4 Å². The van der Waals surface area contributed by atoms with E-state index in [1.807, 2.05) is 31.2 Å². The summed E-state index contributed by atoms with van der Waals surface area (Å²) in [6.45, 7) is 2.39. The van der Waals surface area contributed by atoms with E-state index in [2.05, 4.69) is 6.07 Å². The fraction of sp³-hybridized carbons (Fsp3) is 0.333. The number of carbonyl (C=O) groups excluding carboxylic acids is 1. The van der Waals surface area contributed by atoms with Gasteiger partial charge in [-0.1, -0.05) is 12.1 Å². The van der Waals surface area contributed by atoms with Gasteiger partial charge < -0.3 is 4.90 Å². The Morgan fingerprint density at radius 2 is 2.25 bits per heavy atom. The van der Waals surface area contributed by atoms with Crippen molar-refractivity contribution in [3.8, 4) is 6.07 Å². The van der Waals surface area contributed by atoms with E-state index in [-0.39, 0.29) is 11.2 Å². The number of nitrogens with zero attached hydrogens (tertiary/aromatic N) is 2. The standard InChI is InChI=1S/C12H12N2OS/c1-9-12(15)14(8-4-7-13)10-5-2-3-6-11(10)16-9/h2-3,5-6,9H,4,8H2,1H3. The van der Waals surface area contributed by atoms with E-state index < -0.39 is 0 Å². The first-order valence-corrected chi connectivity index (χ1v) is 6.06. The van der Waals surface area contributed by atoms with Crippen LogP contribution in [0.4, 0.5) is 5.69 Å². The largest absolute Gasteiger partial charge is 0.309 e. The van der Waals surface area contributed by atoms with E-state index in [9.17, 15) is 4.79 Å². The van der Waals surface area contributed by atoms with Crippen molar-refractivity contribution in [3.63, 3.8) is 0 Å². The number of fused-ring (bicyclic) bond motifs is 1. The molecule has 1 unspecified atom stereocenters. The molecular weight excluding hydrogens is 220 g/mol. The van der Waals surface area contributed by atoms with Crippen LogP contribution in [0, 0.1) is 11.3 Å². The number of benzene rings is 1. The SMILES string of the molecule is CC1Sc2ccccc2N(CCC#N)C1=O. The minimum absolute atomic E-state index is 0.0615. The zero-order valence-corrected chi connectivity index (χ0v) is 9.83. The zero-order chi connectivity index (χ0) is 11.5. The van der Waals surface area contributed by atoms with E-state index in [4.69, 9.17) is 5.26 Å². The second kappa shape index (κ2) is 4.58. The first-order valence-electron chi connectivity index (χ1n) is 5.18. The number of para-hydroxylation sites is 1. The Labute approximate surface area is 99.1 Å². The van der Waals surface area contributed by atoms with Crippen molar-refractivity contribution < 1.29 is 4.79 Å². The van der Waals surface area contributed by atoms with E-state index in [0.717, 1.165) is 10.6 Å². The molecular formula is C12H12N2OS. The van der Waals surface area contributed by atoms with Crippen LogP contribution in [0.2, 0.25) is 0 Å². The molecule has 1 aromatic carbocycles. The highest BCUT2D eigenvalue weighted by Gasteiger charge is 2.29. The van der Waals surface area contributed by atoms with E-state index in [1.165, 1.54) is 0 Å². The Morgan fingerprint density at radius 1 is 1.50 bits per heavy atom. The number of amides is 1. The normalized spacial score (nSPS) is 19.1. The van der Waals surface area contributed by atoms with Gasteiger partial charge in [-0.25, -0.2) is 0 Å². The first-order chi connectivity index (χ1) is 7.74. The lowest BCUT2D eigenvalue weighted by molar-refractivity contribution is -0.118. The molecule has 1 amide bonds. The molecule has 1 aliphatic rings. The van der Waals surface area contributed by atoms with Gasteiger partial charge in [0.1, 0.15) is 0 Å². The van der Waals surface area contributed by atoms with Crippen LogP contribution >= 0.6 is 11.8 Å². The number of anilines is 1. The number of nitriles is 1. The molecule has 1 heterocycles. The molecule has 1 atom stereocenters. The lowest BCUT2D eigenvalue weighted by Crippen LogP contribution is -2.40. The van der Waals surface area contributed by atoms with Gasteiger partial charge >= 0.3 is 0 Å². The number of thioether (sulfide) groups is 1. The summed E-state index contributed by atoms with van der Waals surface area (Å²) in [5.41, 5.74) is 0.936. The van der Waals surface area contributed by atoms with Crippen molar-refractivity contribution in [3.05, 3.63) is 24.3 Å². The van der Waals surface area contributed by atoms with Crippen molar-refractivity contribution in [1.29, 1.82) is 5.26 Å². The van der Waals surface area contributed by atoms with E-state index in [0.29, 0.717) is 13.0 Å². The van der Waals surface area contributed by atoms with Gasteiger partial charge in [0.25, 0.3) is 0 Å². The molecule has 0 saturated heterocycles. The summed E-state index contributed by atoms with van der Waals surface area (Å²) in [4.78, 5) is 14.8. The summed E-state index contributed by atoms with van der Waals surface area (Å²) in [7, 11) is 0. The second-order valence-electron chi connectivity index (χ2n) is 3.63. The predicted octanol–water partition coefficient (Wildman–Crippen LogP) is 2.43. The number of hydrogen-bond donors (Lipinski definition) is 0. The van der Waals surface area contributed by atoms with Crippen LogP contribution in [0.1, 0.15) is 13.3 Å². The molecule has 0 spiro atoms. The highest BCUT2D eigenvalue weighted by atomic mass is 32.2. The summed E-state index contributed by atoms with van der Waals surface area (Å²) in [5, 5.41) is 8.54. The fourth-order valence-electron chi connectivity index (χ4n) is 1.75. The van der Waals surface area contributed by atoms with Crippen molar-refractivity contribution in [2.45, 2.75) is 23.5 Å². The molecule has 16 heavy (non-hydrogen) atoms. The molecule has 2 rings (SSSR count). The predicted molar refractivity (Wildman–Crippen MR) is 64.3 cm³/mol. The van der Waals surface area contributed by atoms with Gasteiger partial charge in [0, 0.05) is 11.4 Å². The molecule has 0 fully saturated rings. The van der Waals surface area contributed by atoms with Crippen LogP contribution in [0.15, 0.2) is 29.2 Å². The average molecular weight is 232 g/mol. The monoisotopic (exact) mass is 232 g/mol. The molecule has 1 aliphatic heterocycles. The molecule has 0 bridgehead atoms. The second-order valence-corrected chi connectivity index (χ2v) is 5.01. The highest BCUT2D eigenvalue weighted by Crippen LogP contribution is 2.38. The highest BCUT2D eigenvalue weighted by molar-refractivity contribution is 8.00. The molecule has 0 radical (unpaired) electrons. The van der Waals surface area contributed by atoms with Crippen LogP contribution in [0.25, 0.3) is 0 Å². The molecule has 0 saturated carbocycles. The first kappa shape index (κ1) is 11.0. The Balaban J connectivity index is 2.35. The van der Waals surface area contributed by atoms with Gasteiger partial charge in [-0.05, 0) is 19.1 Å². The van der Waals surface area contributed by atoms with Crippen LogP contribution in [-0.2, 0) is 4.79 Å². The molecule has 0 N–H and O–H groups in total. The maximum atomic E-state index is 12.0. The van der Waals surface area contributed by atoms with Gasteiger partial charge in [-0.3, -0.25) is 4.79 Å². The van der Waals surface area contributed by atoms with Crippen molar-refractivity contribution in [2.24, 2.45) is 0 Å². The van der Waals surface area contributed by atoms with Crippen molar-refractivity contribution in [2.75, 3.05) is 11.4 Å². The number of rotatable bonds is 2. The van der Waals surface area contributed by atoms with Crippen molar-refractivity contribution >= 4 is 23.4 Å². The summed E-state index contributed by atoms with van der Waals surface area (Å²) >= 11 is 1.58. The fourth-order valence-corrected chi connectivity index (χ4v) is 2.82. The minimum atomic E-state index is -0.0615. The molecule has 0 aromatic heterocycles. The minimum Gasteiger partial charge on any atom is -0.309 e. The van der Waals surface area contributed by atoms with Crippen LogP contribution in [0.5, 0.6) is 0 Å². The molecule has 3 nitrogen and oxygen atoms in total. The zero-order valence-electron chi connectivity index (χ0n) is 9.01. The van der Waals surface area contributed by atoms with Gasteiger partial charge in [-0.15, -0.1) is 11.8 Å². The smallest absolute Gasteiger partial charge is 0.240 e. The maximum absolute atomic E-state index is 12.0. The lowest BCUT2D eigenvalue weighted by Gasteiger charge is -2.31. The number of carbonyl (C=O) groups is 1. The van der Waals surface area contributed by atoms with Gasteiger partial charge in [0.15, 0.2) is 0 Å². The summed E-state index contributed by atoms with van der Waals surface area (Å²) in [6, 6.07) is 9.92. The van der Waals surface area contributed by atoms with Crippen molar-refractivity contribution in [1.82, 2.24) is 0 Å². The van der Waals surface area contributed by atoms with Gasteiger partial charge in [0.2, 0.25) is 5.91 Å². The molecule has 0 aliphatic carbocycles. The Kier molecular flexibility index (Phi) is 3.16. The lowest BCUT2D eigenvalue weighted by atomic mass is 10.2. The Bertz CT molecular complexity index is 453. The van der Waals surface area contributed by atoms with Crippen LogP contribution in [-0.4, -0.2) is 17.7 Å². The molecule has 4 heteroatoms.